The molecule has 2 aromatic rings. The summed E-state index contributed by atoms with van der Waals surface area (Å²) in [5.74, 6) is -1.20. The number of phenols is 1. The maximum absolute atomic E-state index is 12.6. The molecule has 0 saturated heterocycles. The number of amides is 2. The Morgan fingerprint density at radius 3 is 2.54 bits per heavy atom. The van der Waals surface area contributed by atoms with E-state index in [0.717, 1.165) is 12.1 Å². The summed E-state index contributed by atoms with van der Waals surface area (Å²) >= 11 is 3.23. The second-order valence-electron chi connectivity index (χ2n) is 5.62. The van der Waals surface area contributed by atoms with Gasteiger partial charge >= 0.3 is 6.18 Å². The van der Waals surface area contributed by atoms with E-state index in [1.165, 1.54) is 24.4 Å². The number of nitrogens with one attached hydrogen (secondary N) is 2. The number of hydrogen-bond donors (Lipinski definition) is 3. The number of nitrogens with zero attached hydrogens (tertiary/aromatic N) is 1. The van der Waals surface area contributed by atoms with Crippen molar-refractivity contribution in [2.45, 2.75) is 19.0 Å². The highest BCUT2D eigenvalue weighted by Gasteiger charge is 2.30. The van der Waals surface area contributed by atoms with Gasteiger partial charge in [0.2, 0.25) is 11.8 Å². The van der Waals surface area contributed by atoms with Gasteiger partial charge in [0.15, 0.2) is 0 Å². The molecule has 0 spiro atoms. The lowest BCUT2D eigenvalue weighted by Crippen LogP contribution is -2.20. The van der Waals surface area contributed by atoms with Crippen molar-refractivity contribution in [3.63, 3.8) is 0 Å². The molecule has 0 aromatic heterocycles. The molecule has 0 saturated carbocycles. The van der Waals surface area contributed by atoms with E-state index in [1.54, 1.807) is 12.1 Å². The molecule has 2 aromatic carbocycles. The summed E-state index contributed by atoms with van der Waals surface area (Å²) in [7, 11) is 0. The molecule has 0 fully saturated rings. The number of carbonyl (C=O) groups excluding carboxylic acids is 2. The van der Waals surface area contributed by atoms with Gasteiger partial charge in [-0.25, -0.2) is 5.43 Å². The average Bonchev–Trinajstić information content (AvgIpc) is 2.62. The zero-order valence-electron chi connectivity index (χ0n) is 14.3. The van der Waals surface area contributed by atoms with Gasteiger partial charge in [0.1, 0.15) is 5.75 Å². The average molecular weight is 458 g/mol. The third kappa shape index (κ3) is 6.69. The molecule has 2 rings (SSSR count). The Balaban J connectivity index is 1.82. The fraction of sp³-hybridized carbons (Fsp3) is 0.167. The normalized spacial score (nSPS) is 11.4. The second kappa shape index (κ2) is 9.36. The van der Waals surface area contributed by atoms with Gasteiger partial charge in [-0.3, -0.25) is 9.59 Å². The summed E-state index contributed by atoms with van der Waals surface area (Å²) in [6, 6.07) is 8.88. The van der Waals surface area contributed by atoms with Crippen LogP contribution in [0.4, 0.5) is 18.9 Å². The number of hydrogen-bond acceptors (Lipinski definition) is 4. The molecule has 0 aliphatic rings. The van der Waals surface area contributed by atoms with Crippen LogP contribution in [-0.4, -0.2) is 23.1 Å². The van der Waals surface area contributed by atoms with Crippen LogP contribution in [0.3, 0.4) is 0 Å². The van der Waals surface area contributed by atoms with Gasteiger partial charge < -0.3 is 10.4 Å². The lowest BCUT2D eigenvalue weighted by Gasteiger charge is -2.09. The van der Waals surface area contributed by atoms with Crippen molar-refractivity contribution in [2.75, 3.05) is 5.32 Å². The highest BCUT2D eigenvalue weighted by atomic mass is 79.9. The molecular formula is C18H15BrF3N3O3. The molecule has 0 radical (unpaired) electrons. The van der Waals surface area contributed by atoms with Gasteiger partial charge in [0.25, 0.3) is 0 Å². The first kappa shape index (κ1) is 21.4. The van der Waals surface area contributed by atoms with Gasteiger partial charge in [0.05, 0.1) is 11.8 Å². The van der Waals surface area contributed by atoms with Crippen LogP contribution in [-0.2, 0) is 15.8 Å². The van der Waals surface area contributed by atoms with Crippen molar-refractivity contribution in [3.05, 3.63) is 58.1 Å². The van der Waals surface area contributed by atoms with Crippen LogP contribution in [0.15, 0.2) is 52.0 Å². The number of phenolic OH excluding ortho intramolecular Hbond substituents is 1. The molecule has 0 bridgehead atoms. The van der Waals surface area contributed by atoms with Crippen LogP contribution in [0.25, 0.3) is 0 Å². The minimum atomic E-state index is -4.51. The van der Waals surface area contributed by atoms with E-state index in [9.17, 15) is 27.9 Å². The maximum atomic E-state index is 12.6. The van der Waals surface area contributed by atoms with Crippen molar-refractivity contribution in [3.8, 4) is 5.75 Å². The predicted molar refractivity (Wildman–Crippen MR) is 101 cm³/mol. The number of halogens is 4. The predicted octanol–water partition coefficient (Wildman–Crippen LogP) is 4.04. The molecule has 3 N–H and O–H groups in total. The Hall–Kier alpha value is -2.88. The number of alkyl halides is 3. The number of aromatic hydroxyl groups is 1. The molecule has 148 valence electrons. The molecule has 0 heterocycles. The van der Waals surface area contributed by atoms with E-state index in [2.05, 4.69) is 31.8 Å². The van der Waals surface area contributed by atoms with E-state index in [4.69, 9.17) is 0 Å². The monoisotopic (exact) mass is 457 g/mol. The highest BCUT2D eigenvalue weighted by molar-refractivity contribution is 9.10. The largest absolute Gasteiger partial charge is 0.507 e. The van der Waals surface area contributed by atoms with Crippen molar-refractivity contribution < 1.29 is 27.9 Å². The zero-order valence-corrected chi connectivity index (χ0v) is 15.8. The van der Waals surface area contributed by atoms with Gasteiger partial charge in [-0.2, -0.15) is 18.3 Å². The summed E-state index contributed by atoms with van der Waals surface area (Å²) in [6.45, 7) is 0. The summed E-state index contributed by atoms with van der Waals surface area (Å²) in [6.07, 6.45) is -3.73. The van der Waals surface area contributed by atoms with E-state index in [1.807, 2.05) is 0 Å². The fourth-order valence-corrected chi connectivity index (χ4v) is 2.46. The van der Waals surface area contributed by atoms with Crippen LogP contribution < -0.4 is 10.7 Å². The lowest BCUT2D eigenvalue weighted by atomic mass is 10.2. The Morgan fingerprint density at radius 1 is 1.11 bits per heavy atom. The van der Waals surface area contributed by atoms with Crippen LogP contribution in [0.5, 0.6) is 5.75 Å². The molecule has 0 unspecified atom stereocenters. The first-order valence-electron chi connectivity index (χ1n) is 7.92. The third-order valence-corrected chi connectivity index (χ3v) is 3.93. The summed E-state index contributed by atoms with van der Waals surface area (Å²) in [4.78, 5) is 23.5. The van der Waals surface area contributed by atoms with E-state index in [0.29, 0.717) is 10.0 Å². The lowest BCUT2D eigenvalue weighted by molar-refractivity contribution is -0.137. The molecular weight excluding hydrogens is 443 g/mol. The van der Waals surface area contributed by atoms with Crippen LogP contribution in [0.2, 0.25) is 0 Å². The molecule has 10 heteroatoms. The van der Waals surface area contributed by atoms with Gasteiger partial charge in [-0.1, -0.05) is 22.0 Å². The van der Waals surface area contributed by atoms with Crippen molar-refractivity contribution in [1.29, 1.82) is 0 Å². The van der Waals surface area contributed by atoms with E-state index < -0.39 is 23.6 Å². The summed E-state index contributed by atoms with van der Waals surface area (Å²) in [5.41, 5.74) is 1.68. The van der Waals surface area contributed by atoms with Crippen molar-refractivity contribution >= 4 is 39.6 Å². The van der Waals surface area contributed by atoms with Crippen LogP contribution >= 0.6 is 15.9 Å². The van der Waals surface area contributed by atoms with Crippen LogP contribution in [0, 0.1) is 0 Å². The van der Waals surface area contributed by atoms with E-state index in [-0.39, 0.29) is 24.3 Å². The summed E-state index contributed by atoms with van der Waals surface area (Å²) in [5, 5.41) is 15.6. The minimum Gasteiger partial charge on any atom is -0.507 e. The van der Waals surface area contributed by atoms with Crippen molar-refractivity contribution in [2.24, 2.45) is 5.10 Å². The minimum absolute atomic E-state index is 0.0108. The summed E-state index contributed by atoms with van der Waals surface area (Å²) < 4.78 is 38.7. The Bertz CT molecular complexity index is 901. The molecule has 28 heavy (non-hydrogen) atoms. The zero-order chi connectivity index (χ0) is 20.7. The fourth-order valence-electron chi connectivity index (χ4n) is 2.08. The Kier molecular flexibility index (Phi) is 7.16. The maximum Gasteiger partial charge on any atom is 0.416 e. The number of carbonyl (C=O) groups is 2. The highest BCUT2D eigenvalue weighted by Crippen LogP contribution is 2.30. The topological polar surface area (TPSA) is 90.8 Å². The molecule has 6 nitrogen and oxygen atoms in total. The number of hydrazone groups is 1. The first-order valence-corrected chi connectivity index (χ1v) is 8.72. The SMILES string of the molecule is O=C(CCC(=O)Nc1cccc(C(F)(F)F)c1)NN=Cc1cc(Br)ccc1O. The molecule has 2 amide bonds. The van der Waals surface area contributed by atoms with Gasteiger partial charge in [-0.15, -0.1) is 0 Å². The number of benzene rings is 2. The Morgan fingerprint density at radius 2 is 1.82 bits per heavy atom. The quantitative estimate of drug-likeness (QED) is 0.451. The second-order valence-corrected chi connectivity index (χ2v) is 6.54. The van der Waals surface area contributed by atoms with Crippen LogP contribution in [0.1, 0.15) is 24.0 Å². The smallest absolute Gasteiger partial charge is 0.416 e. The third-order valence-electron chi connectivity index (χ3n) is 3.44. The number of rotatable bonds is 6. The van der Waals surface area contributed by atoms with Crippen molar-refractivity contribution in [1.82, 2.24) is 5.43 Å². The molecule has 0 aliphatic carbocycles. The van der Waals surface area contributed by atoms with Gasteiger partial charge in [0, 0.05) is 28.6 Å². The number of anilines is 1. The molecule has 0 aliphatic heterocycles. The molecule has 0 atom stereocenters. The standard InChI is InChI=1S/C18H15BrF3N3O3/c19-13-4-5-15(26)11(8-13)10-23-25-17(28)7-6-16(27)24-14-3-1-2-12(9-14)18(20,21)22/h1-5,8-10,26H,6-7H2,(H,24,27)(H,25,28). The Labute approximate surface area is 166 Å². The van der Waals surface area contributed by atoms with Gasteiger partial charge in [-0.05, 0) is 36.4 Å². The first-order chi connectivity index (χ1) is 13.1. The van der Waals surface area contributed by atoms with E-state index >= 15 is 0 Å².